The minimum absolute atomic E-state index is 0.0539. The van der Waals surface area contributed by atoms with Gasteiger partial charge in [0.25, 0.3) is 0 Å². The number of rotatable bonds is 2. The highest BCUT2D eigenvalue weighted by Crippen LogP contribution is 2.44. The van der Waals surface area contributed by atoms with Crippen molar-refractivity contribution in [2.24, 2.45) is 0 Å². The Bertz CT molecular complexity index is 1100. The van der Waals surface area contributed by atoms with Crippen LogP contribution < -0.4 is 10.2 Å². The van der Waals surface area contributed by atoms with Crippen LogP contribution in [0.5, 0.6) is 5.75 Å². The van der Waals surface area contributed by atoms with Crippen molar-refractivity contribution >= 4 is 40.6 Å². The van der Waals surface area contributed by atoms with Gasteiger partial charge in [-0.2, -0.15) is 0 Å². The zero-order chi connectivity index (χ0) is 20.0. The Balaban J connectivity index is 1.98. The van der Waals surface area contributed by atoms with Crippen LogP contribution in [-0.4, -0.2) is 11.1 Å². The Morgan fingerprint density at radius 1 is 1.00 bits per heavy atom. The largest absolute Gasteiger partial charge is 0.507 e. The third-order valence-electron chi connectivity index (χ3n) is 4.52. The van der Waals surface area contributed by atoms with E-state index in [1.165, 1.54) is 4.90 Å². The van der Waals surface area contributed by atoms with E-state index >= 15 is 0 Å². The highest BCUT2D eigenvalue weighted by molar-refractivity contribution is 6.40. The number of halogens is 4. The van der Waals surface area contributed by atoms with E-state index in [2.05, 4.69) is 5.32 Å². The van der Waals surface area contributed by atoms with Gasteiger partial charge >= 0.3 is 6.03 Å². The maximum absolute atomic E-state index is 14.5. The molecule has 2 amide bonds. The minimum Gasteiger partial charge on any atom is -0.507 e. The first kappa shape index (κ1) is 18.5. The van der Waals surface area contributed by atoms with Gasteiger partial charge in [0, 0.05) is 12.1 Å². The molecule has 8 heteroatoms. The number of benzene rings is 3. The smallest absolute Gasteiger partial charge is 0.326 e. The maximum Gasteiger partial charge on any atom is 0.326 e. The fourth-order valence-corrected chi connectivity index (χ4v) is 3.84. The number of anilines is 2. The first-order chi connectivity index (χ1) is 13.4. The van der Waals surface area contributed by atoms with Gasteiger partial charge in [-0.05, 0) is 35.9 Å². The number of phenols is 1. The first-order valence-electron chi connectivity index (χ1n) is 8.21. The molecule has 0 spiro atoms. The van der Waals surface area contributed by atoms with Crippen LogP contribution in [0.2, 0.25) is 10.0 Å². The third kappa shape index (κ3) is 2.85. The lowest BCUT2D eigenvalue weighted by Gasteiger charge is -2.32. The SMILES string of the molecule is O=C1NCc2c(-c3c(O)ccc(F)c3F)cccc2N1c1c(Cl)cccc1Cl. The Labute approximate surface area is 168 Å². The van der Waals surface area contributed by atoms with E-state index in [0.29, 0.717) is 11.3 Å². The number of hydrogen-bond acceptors (Lipinski definition) is 2. The molecular weight excluding hydrogens is 409 g/mol. The molecule has 0 aromatic heterocycles. The molecule has 28 heavy (non-hydrogen) atoms. The van der Waals surface area contributed by atoms with Gasteiger partial charge < -0.3 is 10.4 Å². The maximum atomic E-state index is 14.5. The van der Waals surface area contributed by atoms with Gasteiger partial charge in [0.2, 0.25) is 0 Å². The lowest BCUT2D eigenvalue weighted by Crippen LogP contribution is -2.41. The van der Waals surface area contributed by atoms with Gasteiger partial charge in [0.15, 0.2) is 11.6 Å². The van der Waals surface area contributed by atoms with Gasteiger partial charge in [0.1, 0.15) is 5.75 Å². The predicted octanol–water partition coefficient (Wildman–Crippen LogP) is 6.01. The summed E-state index contributed by atoms with van der Waals surface area (Å²) in [4.78, 5) is 13.9. The van der Waals surface area contributed by atoms with Crippen molar-refractivity contribution in [1.82, 2.24) is 5.32 Å². The first-order valence-corrected chi connectivity index (χ1v) is 8.97. The number of hydrogen-bond donors (Lipinski definition) is 2. The zero-order valence-electron chi connectivity index (χ0n) is 14.1. The van der Waals surface area contributed by atoms with Gasteiger partial charge in [-0.15, -0.1) is 0 Å². The predicted molar refractivity (Wildman–Crippen MR) is 104 cm³/mol. The Morgan fingerprint density at radius 3 is 2.39 bits per heavy atom. The summed E-state index contributed by atoms with van der Waals surface area (Å²) in [6.45, 7) is 0.0539. The van der Waals surface area contributed by atoms with Gasteiger partial charge in [-0.3, -0.25) is 4.90 Å². The van der Waals surface area contributed by atoms with E-state index in [0.717, 1.165) is 12.1 Å². The molecule has 0 fully saturated rings. The number of phenolic OH excluding ortho intramolecular Hbond substituents is 1. The molecule has 2 N–H and O–H groups in total. The average Bonchev–Trinajstić information content (AvgIpc) is 2.66. The quantitative estimate of drug-likeness (QED) is 0.533. The fourth-order valence-electron chi connectivity index (χ4n) is 3.28. The molecule has 0 radical (unpaired) electrons. The van der Waals surface area contributed by atoms with E-state index in [1.54, 1.807) is 36.4 Å². The second-order valence-corrected chi connectivity index (χ2v) is 6.94. The van der Waals surface area contributed by atoms with Crippen LogP contribution in [0.1, 0.15) is 5.56 Å². The van der Waals surface area contributed by atoms with Crippen molar-refractivity contribution in [2.45, 2.75) is 6.54 Å². The number of para-hydroxylation sites is 1. The number of nitrogens with one attached hydrogen (secondary N) is 1. The highest BCUT2D eigenvalue weighted by atomic mass is 35.5. The summed E-state index contributed by atoms with van der Waals surface area (Å²) >= 11 is 12.5. The molecule has 4 rings (SSSR count). The summed E-state index contributed by atoms with van der Waals surface area (Å²) in [6.07, 6.45) is 0. The van der Waals surface area contributed by atoms with Crippen LogP contribution in [0.15, 0.2) is 48.5 Å². The Hall–Kier alpha value is -2.83. The van der Waals surface area contributed by atoms with Gasteiger partial charge in [-0.25, -0.2) is 13.6 Å². The molecule has 3 aromatic rings. The van der Waals surface area contributed by atoms with Crippen LogP contribution in [0.3, 0.4) is 0 Å². The van der Waals surface area contributed by atoms with Crippen LogP contribution >= 0.6 is 23.2 Å². The van der Waals surface area contributed by atoms with Crippen molar-refractivity contribution in [1.29, 1.82) is 0 Å². The molecular formula is C20H12Cl2F2N2O2. The number of carbonyl (C=O) groups excluding carboxylic acids is 1. The van der Waals surface area contributed by atoms with Crippen LogP contribution in [-0.2, 0) is 6.54 Å². The number of aromatic hydroxyl groups is 1. The molecule has 0 unspecified atom stereocenters. The molecule has 0 atom stereocenters. The van der Waals surface area contributed by atoms with Gasteiger partial charge in [-0.1, -0.05) is 41.4 Å². The van der Waals surface area contributed by atoms with E-state index in [1.807, 2.05) is 0 Å². The molecule has 0 saturated carbocycles. The van der Waals surface area contributed by atoms with Crippen LogP contribution in [0, 0.1) is 11.6 Å². The van der Waals surface area contributed by atoms with E-state index in [4.69, 9.17) is 23.2 Å². The molecule has 3 aromatic carbocycles. The molecule has 1 aliphatic heterocycles. The number of urea groups is 1. The lowest BCUT2D eigenvalue weighted by atomic mass is 9.95. The summed E-state index contributed by atoms with van der Waals surface area (Å²) in [5.41, 5.74) is 1.13. The molecule has 1 heterocycles. The topological polar surface area (TPSA) is 52.6 Å². The lowest BCUT2D eigenvalue weighted by molar-refractivity contribution is 0.247. The Morgan fingerprint density at radius 2 is 1.68 bits per heavy atom. The molecule has 0 aliphatic carbocycles. The van der Waals surface area contributed by atoms with Crippen molar-refractivity contribution in [3.05, 3.63) is 75.8 Å². The van der Waals surface area contributed by atoms with E-state index in [9.17, 15) is 18.7 Å². The second kappa shape index (κ2) is 6.96. The summed E-state index contributed by atoms with van der Waals surface area (Å²) in [6, 6.07) is 11.0. The minimum atomic E-state index is -1.17. The van der Waals surface area contributed by atoms with E-state index < -0.39 is 23.4 Å². The number of nitrogens with zero attached hydrogens (tertiary/aromatic N) is 1. The molecule has 142 valence electrons. The van der Waals surface area contributed by atoms with E-state index in [-0.39, 0.29) is 33.4 Å². The van der Waals surface area contributed by atoms with Crippen molar-refractivity contribution in [3.8, 4) is 16.9 Å². The summed E-state index contributed by atoms with van der Waals surface area (Å²) in [5, 5.41) is 13.3. The number of amides is 2. The fraction of sp³-hybridized carbons (Fsp3) is 0.0500. The molecule has 0 bridgehead atoms. The summed E-state index contributed by atoms with van der Waals surface area (Å²) < 4.78 is 28.3. The van der Waals surface area contributed by atoms with Crippen molar-refractivity contribution in [2.75, 3.05) is 4.90 Å². The standard InChI is InChI=1S/C20H12Cl2F2N2O2/c21-12-4-2-5-13(22)19(12)26-15-6-1-3-10(11(15)9-25-20(26)28)17-16(27)8-7-14(23)18(17)24/h1-8,27H,9H2,(H,25,28). The molecule has 0 saturated heterocycles. The molecule has 4 nitrogen and oxygen atoms in total. The zero-order valence-corrected chi connectivity index (χ0v) is 15.7. The average molecular weight is 421 g/mol. The number of fused-ring (bicyclic) bond motifs is 1. The Kier molecular flexibility index (Phi) is 4.61. The molecule has 1 aliphatic rings. The van der Waals surface area contributed by atoms with Crippen molar-refractivity contribution < 1.29 is 18.7 Å². The summed E-state index contributed by atoms with van der Waals surface area (Å²) in [5.74, 6) is -2.67. The van der Waals surface area contributed by atoms with Crippen LogP contribution in [0.4, 0.5) is 25.0 Å². The number of carbonyl (C=O) groups is 1. The normalized spacial score (nSPS) is 13.3. The monoisotopic (exact) mass is 420 g/mol. The van der Waals surface area contributed by atoms with Gasteiger partial charge in [0.05, 0.1) is 27.0 Å². The van der Waals surface area contributed by atoms with Crippen LogP contribution in [0.25, 0.3) is 11.1 Å². The summed E-state index contributed by atoms with van der Waals surface area (Å²) in [7, 11) is 0. The van der Waals surface area contributed by atoms with Crippen molar-refractivity contribution in [3.63, 3.8) is 0 Å². The highest BCUT2D eigenvalue weighted by Gasteiger charge is 2.31. The third-order valence-corrected chi connectivity index (χ3v) is 5.13. The second-order valence-electron chi connectivity index (χ2n) is 6.12.